The van der Waals surface area contributed by atoms with Gasteiger partial charge in [-0.05, 0) is 49.2 Å². The first-order valence-electron chi connectivity index (χ1n) is 15.5. The number of halogens is 2. The van der Waals surface area contributed by atoms with Crippen LogP contribution in [-0.4, -0.2) is 90.8 Å². The summed E-state index contributed by atoms with van der Waals surface area (Å²) in [5.74, 6) is -0.237. The highest BCUT2D eigenvalue weighted by molar-refractivity contribution is 6.36. The third kappa shape index (κ3) is 5.13. The molecule has 4 aromatic rings. The maximum atomic E-state index is 16.8. The highest BCUT2D eigenvalue weighted by Gasteiger charge is 2.51. The van der Waals surface area contributed by atoms with Gasteiger partial charge in [0.2, 0.25) is 5.91 Å². The van der Waals surface area contributed by atoms with Crippen LogP contribution in [0.25, 0.3) is 32.8 Å². The molecule has 11 heteroatoms. The molecule has 236 valence electrons. The van der Waals surface area contributed by atoms with Crippen molar-refractivity contribution >= 4 is 45.0 Å². The van der Waals surface area contributed by atoms with E-state index in [2.05, 4.69) is 29.6 Å². The SMILES string of the molecule is C=CC(=O)N1CCN(c2nc(OCC34CCN(C)C3COC4)nc3c(F)c(-c4cccc5cccc(Cl)c45)ccc23)C[C@@H]1CC#N. The second kappa shape index (κ2) is 12.1. The Kier molecular flexibility index (Phi) is 8.01. The number of rotatable bonds is 7. The van der Waals surface area contributed by atoms with E-state index in [4.69, 9.17) is 26.1 Å². The largest absolute Gasteiger partial charge is 0.463 e. The number of fused-ring (bicyclic) bond motifs is 3. The van der Waals surface area contributed by atoms with Crippen LogP contribution in [0.2, 0.25) is 5.02 Å². The van der Waals surface area contributed by atoms with Crippen molar-refractivity contribution in [2.45, 2.75) is 24.9 Å². The summed E-state index contributed by atoms with van der Waals surface area (Å²) in [6.07, 6.45) is 2.33. The predicted octanol–water partition coefficient (Wildman–Crippen LogP) is 5.46. The van der Waals surface area contributed by atoms with Crippen molar-refractivity contribution in [2.75, 3.05) is 57.9 Å². The van der Waals surface area contributed by atoms with Gasteiger partial charge in [0, 0.05) is 52.4 Å². The highest BCUT2D eigenvalue weighted by Crippen LogP contribution is 2.42. The molecule has 0 bridgehead atoms. The number of ether oxygens (including phenoxy) is 2. The molecule has 9 nitrogen and oxygen atoms in total. The summed E-state index contributed by atoms with van der Waals surface area (Å²) in [7, 11) is 2.09. The molecule has 0 radical (unpaired) electrons. The summed E-state index contributed by atoms with van der Waals surface area (Å²) in [4.78, 5) is 28.0. The normalized spacial score (nSPS) is 23.1. The van der Waals surface area contributed by atoms with Gasteiger partial charge in [0.1, 0.15) is 17.9 Å². The van der Waals surface area contributed by atoms with E-state index in [1.807, 2.05) is 41.3 Å². The molecule has 3 saturated heterocycles. The molecule has 0 spiro atoms. The van der Waals surface area contributed by atoms with Crippen LogP contribution in [-0.2, 0) is 9.53 Å². The average molecular weight is 641 g/mol. The number of carbonyl (C=O) groups is 1. The maximum absolute atomic E-state index is 16.8. The van der Waals surface area contributed by atoms with Crippen LogP contribution in [0.5, 0.6) is 6.01 Å². The number of aromatic nitrogens is 2. The number of benzene rings is 3. The Morgan fingerprint density at radius 2 is 2.02 bits per heavy atom. The zero-order valence-electron chi connectivity index (χ0n) is 25.6. The van der Waals surface area contributed by atoms with E-state index < -0.39 is 5.82 Å². The van der Waals surface area contributed by atoms with Crippen molar-refractivity contribution in [2.24, 2.45) is 5.41 Å². The van der Waals surface area contributed by atoms with Gasteiger partial charge in [0.25, 0.3) is 0 Å². The van der Waals surface area contributed by atoms with Crippen LogP contribution in [0.1, 0.15) is 12.8 Å². The first-order chi connectivity index (χ1) is 22.3. The van der Waals surface area contributed by atoms with Crippen molar-refractivity contribution in [3.63, 3.8) is 0 Å². The molecule has 3 aliphatic heterocycles. The minimum atomic E-state index is -0.506. The number of piperazine rings is 1. The zero-order valence-corrected chi connectivity index (χ0v) is 26.3. The van der Waals surface area contributed by atoms with E-state index >= 15 is 4.39 Å². The van der Waals surface area contributed by atoms with Gasteiger partial charge in [-0.25, -0.2) is 4.39 Å². The van der Waals surface area contributed by atoms with Gasteiger partial charge >= 0.3 is 6.01 Å². The molecular weight excluding hydrogens is 607 g/mol. The van der Waals surface area contributed by atoms with Gasteiger partial charge in [0.15, 0.2) is 5.82 Å². The standard InChI is InChI=1S/C35H34ClFN6O3/c1-3-29(44)43-17-16-42(18-23(43)12-14-38)33-26-11-10-25(24-8-4-6-22-7-5-9-27(36)30(22)24)31(37)32(26)39-34(40-33)46-21-35-13-15-41(2)28(35)19-45-20-35/h3-11,23,28H,1,12-13,15-21H2,2H3/t23-,28?,35?/m0/s1. The molecule has 1 amide bonds. The molecule has 3 aromatic carbocycles. The van der Waals surface area contributed by atoms with Gasteiger partial charge in [-0.15, -0.1) is 0 Å². The van der Waals surface area contributed by atoms with Crippen molar-refractivity contribution in [3.05, 3.63) is 72.0 Å². The summed E-state index contributed by atoms with van der Waals surface area (Å²) in [6.45, 7) is 7.26. The molecule has 0 aliphatic carbocycles. The number of anilines is 1. The fraction of sp³-hybridized carbons (Fsp3) is 0.371. The Bertz CT molecular complexity index is 1890. The lowest BCUT2D eigenvalue weighted by molar-refractivity contribution is -0.128. The summed E-state index contributed by atoms with van der Waals surface area (Å²) in [5, 5.41) is 12.3. The van der Waals surface area contributed by atoms with Crippen LogP contribution >= 0.6 is 11.6 Å². The summed E-state index contributed by atoms with van der Waals surface area (Å²) >= 11 is 6.63. The number of amides is 1. The number of carbonyl (C=O) groups excluding carboxylic acids is 1. The molecule has 3 atom stereocenters. The topological polar surface area (TPSA) is 94.8 Å². The van der Waals surface area contributed by atoms with E-state index in [0.717, 1.165) is 23.7 Å². The van der Waals surface area contributed by atoms with Crippen LogP contribution in [0.4, 0.5) is 10.2 Å². The Morgan fingerprint density at radius 3 is 2.83 bits per heavy atom. The predicted molar refractivity (Wildman–Crippen MR) is 175 cm³/mol. The molecule has 3 fully saturated rings. The number of nitriles is 1. The van der Waals surface area contributed by atoms with Crippen LogP contribution in [0.15, 0.2) is 61.2 Å². The Labute approximate surface area is 271 Å². The Morgan fingerprint density at radius 1 is 1.20 bits per heavy atom. The average Bonchev–Trinajstić information content (AvgIpc) is 3.63. The van der Waals surface area contributed by atoms with E-state index in [1.54, 1.807) is 17.0 Å². The van der Waals surface area contributed by atoms with Crippen LogP contribution in [0.3, 0.4) is 0 Å². The van der Waals surface area contributed by atoms with Crippen molar-refractivity contribution < 1.29 is 18.7 Å². The fourth-order valence-corrected chi connectivity index (χ4v) is 7.63. The molecule has 2 unspecified atom stereocenters. The van der Waals surface area contributed by atoms with E-state index in [-0.39, 0.29) is 41.4 Å². The summed E-state index contributed by atoms with van der Waals surface area (Å²) in [5.41, 5.74) is 0.964. The fourth-order valence-electron chi connectivity index (χ4n) is 7.35. The molecule has 46 heavy (non-hydrogen) atoms. The number of hydrogen-bond donors (Lipinski definition) is 0. The maximum Gasteiger partial charge on any atom is 0.319 e. The van der Waals surface area contributed by atoms with Gasteiger partial charge in [-0.2, -0.15) is 15.2 Å². The molecule has 4 heterocycles. The van der Waals surface area contributed by atoms with Crippen molar-refractivity contribution in [1.82, 2.24) is 19.8 Å². The summed E-state index contributed by atoms with van der Waals surface area (Å²) in [6, 6.07) is 17.0. The number of likely N-dealkylation sites (N-methyl/N-ethyl adjacent to an activating group) is 1. The van der Waals surface area contributed by atoms with E-state index in [1.165, 1.54) is 6.08 Å². The first kappa shape index (κ1) is 30.4. The minimum absolute atomic E-state index is 0.0745. The molecule has 0 saturated carbocycles. The quantitative estimate of drug-likeness (QED) is 0.246. The van der Waals surface area contributed by atoms with Gasteiger partial charge in [-0.3, -0.25) is 4.79 Å². The van der Waals surface area contributed by atoms with Gasteiger partial charge in [-0.1, -0.05) is 54.6 Å². The molecular formula is C35H34ClFN6O3. The van der Waals surface area contributed by atoms with E-state index in [9.17, 15) is 10.1 Å². The van der Waals surface area contributed by atoms with Crippen LogP contribution in [0, 0.1) is 22.6 Å². The second-order valence-electron chi connectivity index (χ2n) is 12.4. The third-order valence-corrected chi connectivity index (χ3v) is 10.1. The first-order valence-corrected chi connectivity index (χ1v) is 15.8. The van der Waals surface area contributed by atoms with Crippen molar-refractivity contribution in [1.29, 1.82) is 5.26 Å². The second-order valence-corrected chi connectivity index (χ2v) is 12.8. The molecule has 3 aliphatic rings. The number of likely N-dealkylation sites (tertiary alicyclic amines) is 1. The van der Waals surface area contributed by atoms with Gasteiger partial charge in [0.05, 0.1) is 31.7 Å². The lowest BCUT2D eigenvalue weighted by atomic mass is 9.84. The molecule has 1 aromatic heterocycles. The monoisotopic (exact) mass is 640 g/mol. The molecule has 7 rings (SSSR count). The molecule has 0 N–H and O–H groups in total. The summed E-state index contributed by atoms with van der Waals surface area (Å²) < 4.78 is 29.0. The number of nitrogens with zero attached hydrogens (tertiary/aromatic N) is 6. The lowest BCUT2D eigenvalue weighted by Crippen LogP contribution is -2.55. The highest BCUT2D eigenvalue weighted by atomic mass is 35.5. The third-order valence-electron chi connectivity index (χ3n) is 9.83. The minimum Gasteiger partial charge on any atom is -0.463 e. The Balaban J connectivity index is 1.33. The van der Waals surface area contributed by atoms with Crippen molar-refractivity contribution in [3.8, 4) is 23.2 Å². The zero-order chi connectivity index (χ0) is 32.0. The van der Waals surface area contributed by atoms with Gasteiger partial charge < -0.3 is 24.2 Å². The van der Waals surface area contributed by atoms with Crippen LogP contribution < -0.4 is 9.64 Å². The number of hydrogen-bond acceptors (Lipinski definition) is 8. The Hall–Kier alpha value is -4.30. The smallest absolute Gasteiger partial charge is 0.319 e. The van der Waals surface area contributed by atoms with E-state index in [0.29, 0.717) is 66.8 Å². The lowest BCUT2D eigenvalue weighted by Gasteiger charge is -2.41.